The number of nitro groups is 1. The van der Waals surface area contributed by atoms with Gasteiger partial charge in [-0.3, -0.25) is 19.6 Å². The minimum Gasteiger partial charge on any atom is -0.341 e. The van der Waals surface area contributed by atoms with E-state index in [1.54, 1.807) is 18.7 Å². The maximum atomic E-state index is 12.1. The summed E-state index contributed by atoms with van der Waals surface area (Å²) < 4.78 is 1.38. The zero-order valence-corrected chi connectivity index (χ0v) is 10.5. The monoisotopic (exact) mass is 252 g/mol. The minimum atomic E-state index is -0.490. The second kappa shape index (κ2) is 4.75. The third-order valence-corrected chi connectivity index (χ3v) is 3.26. The number of hydrogen-bond donors (Lipinski definition) is 0. The highest BCUT2D eigenvalue weighted by Gasteiger charge is 2.27. The van der Waals surface area contributed by atoms with Gasteiger partial charge in [-0.2, -0.15) is 5.10 Å². The molecule has 1 atom stereocenters. The fraction of sp³-hybridized carbons (Fsp3) is 0.636. The van der Waals surface area contributed by atoms with E-state index in [1.807, 2.05) is 0 Å². The van der Waals surface area contributed by atoms with Crippen molar-refractivity contribution in [2.75, 3.05) is 13.1 Å². The Bertz CT molecular complexity index is 477. The van der Waals surface area contributed by atoms with Crippen molar-refractivity contribution in [1.82, 2.24) is 14.7 Å². The minimum absolute atomic E-state index is 0.0232. The van der Waals surface area contributed by atoms with Crippen LogP contribution in [0, 0.1) is 17.0 Å². The van der Waals surface area contributed by atoms with Crippen molar-refractivity contribution in [3.8, 4) is 0 Å². The van der Waals surface area contributed by atoms with Crippen LogP contribution in [0.15, 0.2) is 6.20 Å². The van der Waals surface area contributed by atoms with Crippen LogP contribution in [0.2, 0.25) is 0 Å². The quantitative estimate of drug-likeness (QED) is 0.599. The van der Waals surface area contributed by atoms with E-state index >= 15 is 0 Å². The number of nitrogens with zero attached hydrogens (tertiary/aromatic N) is 4. The summed E-state index contributed by atoms with van der Waals surface area (Å²) in [5, 5.41) is 14.8. The van der Waals surface area contributed by atoms with Crippen molar-refractivity contribution in [2.45, 2.75) is 32.7 Å². The van der Waals surface area contributed by atoms with Gasteiger partial charge in [0, 0.05) is 13.1 Å². The van der Waals surface area contributed by atoms with Crippen molar-refractivity contribution in [2.24, 2.45) is 0 Å². The molecule has 0 N–H and O–H groups in total. The zero-order valence-electron chi connectivity index (χ0n) is 10.5. The van der Waals surface area contributed by atoms with Gasteiger partial charge >= 0.3 is 5.69 Å². The molecule has 1 aliphatic heterocycles. The Kier molecular flexibility index (Phi) is 3.31. The third kappa shape index (κ3) is 2.20. The lowest BCUT2D eigenvalue weighted by molar-refractivity contribution is -0.385. The Hall–Kier alpha value is -1.92. The van der Waals surface area contributed by atoms with Gasteiger partial charge in [-0.1, -0.05) is 0 Å². The van der Waals surface area contributed by atoms with Crippen molar-refractivity contribution >= 4 is 11.6 Å². The molecule has 18 heavy (non-hydrogen) atoms. The van der Waals surface area contributed by atoms with Crippen LogP contribution in [0.3, 0.4) is 0 Å². The Morgan fingerprint density at radius 2 is 2.11 bits per heavy atom. The van der Waals surface area contributed by atoms with E-state index in [-0.39, 0.29) is 11.6 Å². The van der Waals surface area contributed by atoms with E-state index < -0.39 is 11.0 Å². The highest BCUT2D eigenvalue weighted by Crippen LogP contribution is 2.20. The van der Waals surface area contributed by atoms with E-state index in [4.69, 9.17) is 0 Å². The van der Waals surface area contributed by atoms with E-state index in [0.29, 0.717) is 5.69 Å². The van der Waals surface area contributed by atoms with Gasteiger partial charge in [-0.25, -0.2) is 0 Å². The molecule has 0 spiro atoms. The topological polar surface area (TPSA) is 81.3 Å². The molecule has 1 aromatic heterocycles. The number of hydrogen-bond acceptors (Lipinski definition) is 4. The standard InChI is InChI=1S/C11H16N4O3/c1-8-10(15(17)18)7-14(12-8)9(2)11(16)13-5-3-4-6-13/h7,9H,3-6H2,1-2H3. The summed E-state index contributed by atoms with van der Waals surface area (Å²) in [5.41, 5.74) is 0.289. The zero-order chi connectivity index (χ0) is 13.3. The number of rotatable bonds is 3. The average Bonchev–Trinajstić information content (AvgIpc) is 2.95. The number of carbonyl (C=O) groups is 1. The first kappa shape index (κ1) is 12.5. The number of likely N-dealkylation sites (tertiary alicyclic amines) is 1. The molecule has 7 nitrogen and oxygen atoms in total. The van der Waals surface area contributed by atoms with Gasteiger partial charge in [0.15, 0.2) is 0 Å². The summed E-state index contributed by atoms with van der Waals surface area (Å²) >= 11 is 0. The summed E-state index contributed by atoms with van der Waals surface area (Å²) in [6.07, 6.45) is 3.38. The van der Waals surface area contributed by atoms with Crippen molar-refractivity contribution in [3.05, 3.63) is 22.0 Å². The van der Waals surface area contributed by atoms with Crippen LogP contribution < -0.4 is 0 Å². The molecule has 1 amide bonds. The molecule has 1 aliphatic rings. The van der Waals surface area contributed by atoms with Crippen LogP contribution in [-0.2, 0) is 4.79 Å². The van der Waals surface area contributed by atoms with E-state index in [0.717, 1.165) is 25.9 Å². The van der Waals surface area contributed by atoms with Crippen LogP contribution in [0.5, 0.6) is 0 Å². The Morgan fingerprint density at radius 3 is 2.61 bits per heavy atom. The lowest BCUT2D eigenvalue weighted by Gasteiger charge is -2.20. The molecule has 2 heterocycles. The summed E-state index contributed by atoms with van der Waals surface area (Å²) in [4.78, 5) is 24.2. The summed E-state index contributed by atoms with van der Waals surface area (Å²) in [6, 6.07) is -0.490. The SMILES string of the molecule is Cc1nn(C(C)C(=O)N2CCCC2)cc1[N+](=O)[O-]. The molecule has 1 unspecified atom stereocenters. The normalized spacial score (nSPS) is 16.9. The van der Waals surface area contributed by atoms with Gasteiger partial charge in [-0.15, -0.1) is 0 Å². The molecule has 2 rings (SSSR count). The molecule has 0 saturated carbocycles. The van der Waals surface area contributed by atoms with E-state index in [1.165, 1.54) is 10.9 Å². The molecule has 7 heteroatoms. The first-order valence-corrected chi connectivity index (χ1v) is 5.99. The molecule has 98 valence electrons. The lowest BCUT2D eigenvalue weighted by atomic mass is 10.3. The Labute approximate surface area is 105 Å². The summed E-state index contributed by atoms with van der Waals surface area (Å²) in [6.45, 7) is 4.83. The van der Waals surface area contributed by atoms with Crippen LogP contribution in [-0.4, -0.2) is 38.6 Å². The molecule has 0 bridgehead atoms. The van der Waals surface area contributed by atoms with Crippen LogP contribution in [0.4, 0.5) is 5.69 Å². The number of aryl methyl sites for hydroxylation is 1. The van der Waals surface area contributed by atoms with Crippen molar-refractivity contribution in [3.63, 3.8) is 0 Å². The predicted molar refractivity (Wildman–Crippen MR) is 64.1 cm³/mol. The second-order valence-electron chi connectivity index (χ2n) is 4.55. The number of aromatic nitrogens is 2. The molecule has 0 aromatic carbocycles. The largest absolute Gasteiger partial charge is 0.341 e. The van der Waals surface area contributed by atoms with Gasteiger partial charge in [-0.05, 0) is 26.7 Å². The maximum absolute atomic E-state index is 12.1. The highest BCUT2D eigenvalue weighted by atomic mass is 16.6. The van der Waals surface area contributed by atoms with Gasteiger partial charge in [0.05, 0.1) is 4.92 Å². The molecule has 0 aliphatic carbocycles. The Balaban J connectivity index is 2.17. The average molecular weight is 252 g/mol. The van der Waals surface area contributed by atoms with Crippen LogP contribution in [0.1, 0.15) is 31.5 Å². The first-order chi connectivity index (χ1) is 8.50. The maximum Gasteiger partial charge on any atom is 0.309 e. The second-order valence-corrected chi connectivity index (χ2v) is 4.55. The number of amides is 1. The van der Waals surface area contributed by atoms with Gasteiger partial charge in [0.1, 0.15) is 17.9 Å². The van der Waals surface area contributed by atoms with Crippen molar-refractivity contribution < 1.29 is 9.72 Å². The highest BCUT2D eigenvalue weighted by molar-refractivity contribution is 5.80. The number of carbonyl (C=O) groups excluding carboxylic acids is 1. The molecular weight excluding hydrogens is 236 g/mol. The van der Waals surface area contributed by atoms with E-state index in [2.05, 4.69) is 5.10 Å². The fourth-order valence-corrected chi connectivity index (χ4v) is 2.16. The molecular formula is C11H16N4O3. The van der Waals surface area contributed by atoms with Gasteiger partial charge in [0.25, 0.3) is 0 Å². The molecule has 0 radical (unpaired) electrons. The van der Waals surface area contributed by atoms with Crippen LogP contribution in [0.25, 0.3) is 0 Å². The van der Waals surface area contributed by atoms with Gasteiger partial charge < -0.3 is 4.90 Å². The third-order valence-electron chi connectivity index (χ3n) is 3.26. The first-order valence-electron chi connectivity index (χ1n) is 5.99. The van der Waals surface area contributed by atoms with Crippen molar-refractivity contribution in [1.29, 1.82) is 0 Å². The molecule has 1 saturated heterocycles. The summed E-state index contributed by atoms with van der Waals surface area (Å²) in [5.74, 6) is -0.0232. The fourth-order valence-electron chi connectivity index (χ4n) is 2.16. The molecule has 1 aromatic rings. The Morgan fingerprint density at radius 1 is 1.50 bits per heavy atom. The molecule has 1 fully saturated rings. The van der Waals surface area contributed by atoms with Crippen LogP contribution >= 0.6 is 0 Å². The van der Waals surface area contributed by atoms with Gasteiger partial charge in [0.2, 0.25) is 5.91 Å². The summed E-state index contributed by atoms with van der Waals surface area (Å²) in [7, 11) is 0. The lowest BCUT2D eigenvalue weighted by Crippen LogP contribution is -2.34. The predicted octanol–water partition coefficient (Wildman–Crippen LogP) is 1.28. The van der Waals surface area contributed by atoms with E-state index in [9.17, 15) is 14.9 Å². The smallest absolute Gasteiger partial charge is 0.309 e.